The number of aromatic carboxylic acids is 1. The molecular formula is C45H62N2O8. The van der Waals surface area contributed by atoms with E-state index in [9.17, 15) is 34.2 Å². The van der Waals surface area contributed by atoms with Gasteiger partial charge in [0.25, 0.3) is 0 Å². The Balaban J connectivity index is 1.32. The molecule has 0 saturated heterocycles. The minimum absolute atomic E-state index is 0.00234. The number of hydrogen-bond acceptors (Lipinski definition) is 5. The van der Waals surface area contributed by atoms with Crippen LogP contribution in [-0.4, -0.2) is 70.1 Å². The summed E-state index contributed by atoms with van der Waals surface area (Å²) in [5.41, 5.74) is 2.82. The molecule has 9 atom stereocenters. The molecule has 0 aliphatic heterocycles. The summed E-state index contributed by atoms with van der Waals surface area (Å²) >= 11 is 0. The number of likely N-dealkylation sites (N-methyl/N-ethyl adjacent to an activating group) is 1. The molecule has 0 bridgehead atoms. The number of nitrogens with zero attached hydrogens (tertiary/aromatic N) is 1. The van der Waals surface area contributed by atoms with Crippen molar-refractivity contribution in [2.24, 2.45) is 56.7 Å². The molecule has 0 spiro atoms. The van der Waals surface area contributed by atoms with E-state index in [2.05, 4.69) is 52.6 Å². The second kappa shape index (κ2) is 14.5. The first-order valence-electron chi connectivity index (χ1n) is 20.4. The zero-order valence-electron chi connectivity index (χ0n) is 33.7. The molecule has 1 aromatic carbocycles. The second-order valence-electron chi connectivity index (χ2n) is 19.1. The van der Waals surface area contributed by atoms with Crippen LogP contribution in [0.2, 0.25) is 0 Å². The lowest BCUT2D eigenvalue weighted by atomic mass is 9.32. The molecule has 4 saturated carbocycles. The summed E-state index contributed by atoms with van der Waals surface area (Å²) in [6, 6.07) is 7.33. The van der Waals surface area contributed by atoms with Crippen LogP contribution in [-0.2, 0) is 19.2 Å². The maximum atomic E-state index is 14.4. The molecule has 2 amide bonds. The second-order valence-corrected chi connectivity index (χ2v) is 19.1. The minimum Gasteiger partial charge on any atom is -0.481 e. The Morgan fingerprint density at radius 2 is 1.47 bits per heavy atom. The first-order chi connectivity index (χ1) is 25.7. The number of amides is 2. The van der Waals surface area contributed by atoms with Crippen LogP contribution in [0.1, 0.15) is 128 Å². The molecule has 1 aromatic rings. The van der Waals surface area contributed by atoms with Crippen molar-refractivity contribution in [3.63, 3.8) is 0 Å². The summed E-state index contributed by atoms with van der Waals surface area (Å²) in [5.74, 6) is -2.03. The van der Waals surface area contributed by atoms with Crippen LogP contribution in [0.15, 0.2) is 42.5 Å². The predicted octanol–water partition coefficient (Wildman–Crippen LogP) is 7.93. The lowest BCUT2D eigenvalue weighted by Gasteiger charge is -2.72. The van der Waals surface area contributed by atoms with Crippen LogP contribution in [0.4, 0.5) is 0 Å². The number of allylic oxidation sites excluding steroid dienone is 2. The van der Waals surface area contributed by atoms with Crippen LogP contribution in [0, 0.1) is 56.7 Å². The van der Waals surface area contributed by atoms with Crippen molar-refractivity contribution in [2.45, 2.75) is 112 Å². The number of carbonyl (C=O) groups is 5. The Morgan fingerprint density at radius 1 is 0.800 bits per heavy atom. The summed E-state index contributed by atoms with van der Waals surface area (Å²) in [5, 5.41) is 31.0. The number of carboxylic acid groups (broad SMARTS) is 3. The van der Waals surface area contributed by atoms with E-state index in [0.29, 0.717) is 30.4 Å². The van der Waals surface area contributed by atoms with Crippen molar-refractivity contribution in [3.05, 3.63) is 53.6 Å². The Morgan fingerprint density at radius 3 is 2.11 bits per heavy atom. The SMILES string of the molecule is C=C(CN(C)C(=O)CCC(=O)O)[C@@H]1CC[C@]2(C(=O)NCCC(=O)O)CC[C@]3(C)[C@H](CC[C@@H]4[C@@]5(C)CC=C(c6ccc(C(=O)O)cc6)C(C)(C)[C@@H]5CC[C@]43C)[C@@H]12. The number of rotatable bonds is 12. The van der Waals surface area contributed by atoms with E-state index in [1.165, 1.54) is 5.57 Å². The molecule has 5 aliphatic rings. The van der Waals surface area contributed by atoms with Crippen LogP contribution < -0.4 is 5.32 Å². The molecule has 4 fully saturated rings. The summed E-state index contributed by atoms with van der Waals surface area (Å²) in [6.45, 7) is 17.3. The van der Waals surface area contributed by atoms with Gasteiger partial charge in [-0.05, 0) is 132 Å². The van der Waals surface area contributed by atoms with Crippen molar-refractivity contribution in [1.82, 2.24) is 10.2 Å². The summed E-state index contributed by atoms with van der Waals surface area (Å²) in [6.07, 6.45) is 10.3. The summed E-state index contributed by atoms with van der Waals surface area (Å²) in [7, 11) is 1.70. The highest BCUT2D eigenvalue weighted by molar-refractivity contribution is 5.88. The number of aliphatic carboxylic acids is 2. The average Bonchev–Trinajstić information content (AvgIpc) is 3.51. The van der Waals surface area contributed by atoms with Gasteiger partial charge < -0.3 is 25.5 Å². The van der Waals surface area contributed by atoms with Crippen molar-refractivity contribution < 1.29 is 39.3 Å². The molecule has 10 heteroatoms. The zero-order chi connectivity index (χ0) is 40.3. The molecular weight excluding hydrogens is 697 g/mol. The van der Waals surface area contributed by atoms with Gasteiger partial charge >= 0.3 is 17.9 Å². The van der Waals surface area contributed by atoms with Gasteiger partial charge in [0.15, 0.2) is 0 Å². The van der Waals surface area contributed by atoms with Gasteiger partial charge in [0.2, 0.25) is 11.8 Å². The van der Waals surface area contributed by atoms with Crippen LogP contribution in [0.25, 0.3) is 5.57 Å². The maximum Gasteiger partial charge on any atom is 0.335 e. The van der Waals surface area contributed by atoms with E-state index >= 15 is 0 Å². The molecule has 0 aromatic heterocycles. The molecule has 55 heavy (non-hydrogen) atoms. The van der Waals surface area contributed by atoms with E-state index in [0.717, 1.165) is 62.5 Å². The van der Waals surface area contributed by atoms with Gasteiger partial charge in [-0.3, -0.25) is 19.2 Å². The highest BCUT2D eigenvalue weighted by Gasteiger charge is 2.71. The number of benzene rings is 1. The molecule has 300 valence electrons. The lowest BCUT2D eigenvalue weighted by molar-refractivity contribution is -0.225. The Bertz CT molecular complexity index is 1780. The van der Waals surface area contributed by atoms with Crippen LogP contribution in [0.5, 0.6) is 0 Å². The van der Waals surface area contributed by atoms with Gasteiger partial charge in [-0.25, -0.2) is 4.79 Å². The van der Waals surface area contributed by atoms with Crippen molar-refractivity contribution in [1.29, 1.82) is 0 Å². The standard InChI is InChI=1S/C45H62N2O8/c1-27(26-47(7)35(48)14-15-36(49)50)30-16-22-45(40(55)46-25-19-37(51)52)24-23-43(5)32(38(30)45)12-13-34-42(4)20-17-31(28-8-10-29(11-9-28)39(53)54)41(2,3)33(42)18-21-44(34,43)6/h8-11,17,30,32-34,38H,1,12-16,18-26H2,2-7H3,(H,46,55)(H,49,50)(H,51,52)(H,53,54)/t30-,32+,33-,34+,38+,42-,43+,44+,45-/m0/s1. The van der Waals surface area contributed by atoms with E-state index in [4.69, 9.17) is 5.11 Å². The van der Waals surface area contributed by atoms with E-state index in [1.807, 2.05) is 12.1 Å². The van der Waals surface area contributed by atoms with Crippen molar-refractivity contribution >= 4 is 35.3 Å². The van der Waals surface area contributed by atoms with Gasteiger partial charge in [-0.1, -0.05) is 65.0 Å². The van der Waals surface area contributed by atoms with Gasteiger partial charge in [-0.2, -0.15) is 0 Å². The topological polar surface area (TPSA) is 161 Å². The zero-order valence-corrected chi connectivity index (χ0v) is 33.7. The van der Waals surface area contributed by atoms with Gasteiger partial charge in [0.05, 0.1) is 23.8 Å². The molecule has 10 nitrogen and oxygen atoms in total. The third kappa shape index (κ3) is 6.63. The highest BCUT2D eigenvalue weighted by Crippen LogP contribution is 2.77. The fourth-order valence-corrected chi connectivity index (χ4v) is 13.7. The Kier molecular flexibility index (Phi) is 10.8. The normalized spacial score (nSPS) is 35.8. The van der Waals surface area contributed by atoms with Crippen molar-refractivity contribution in [3.8, 4) is 0 Å². The molecule has 4 N–H and O–H groups in total. The third-order valence-corrected chi connectivity index (χ3v) is 16.5. The number of hydrogen-bond donors (Lipinski definition) is 4. The summed E-state index contributed by atoms with van der Waals surface area (Å²) in [4.78, 5) is 63.0. The number of carbonyl (C=O) groups excluding carboxylic acids is 2. The number of carboxylic acids is 3. The van der Waals surface area contributed by atoms with E-state index < -0.39 is 23.3 Å². The first-order valence-corrected chi connectivity index (χ1v) is 20.4. The quantitative estimate of drug-likeness (QED) is 0.156. The Hall–Kier alpha value is -3.95. The maximum absolute atomic E-state index is 14.4. The molecule has 0 heterocycles. The van der Waals surface area contributed by atoms with E-state index in [1.54, 1.807) is 24.1 Å². The third-order valence-electron chi connectivity index (χ3n) is 16.5. The largest absolute Gasteiger partial charge is 0.481 e. The van der Waals surface area contributed by atoms with Gasteiger partial charge in [0.1, 0.15) is 0 Å². The first kappa shape index (κ1) is 40.7. The molecule has 6 rings (SSSR count). The summed E-state index contributed by atoms with van der Waals surface area (Å²) < 4.78 is 0. The molecule has 5 aliphatic carbocycles. The molecule has 0 unspecified atom stereocenters. The fourth-order valence-electron chi connectivity index (χ4n) is 13.7. The van der Waals surface area contributed by atoms with Crippen LogP contribution >= 0.6 is 0 Å². The number of fused-ring (bicyclic) bond motifs is 7. The average molecular weight is 759 g/mol. The lowest BCUT2D eigenvalue weighted by Crippen LogP contribution is -2.66. The van der Waals surface area contributed by atoms with E-state index in [-0.39, 0.29) is 77.0 Å². The predicted molar refractivity (Wildman–Crippen MR) is 210 cm³/mol. The van der Waals surface area contributed by atoms with Crippen LogP contribution in [0.3, 0.4) is 0 Å². The molecule has 0 radical (unpaired) electrons. The highest BCUT2D eigenvalue weighted by atomic mass is 16.4. The minimum atomic E-state index is -1.01. The van der Waals surface area contributed by atoms with Gasteiger partial charge in [0, 0.05) is 26.6 Å². The van der Waals surface area contributed by atoms with Gasteiger partial charge in [-0.15, -0.1) is 0 Å². The fraction of sp³-hybridized carbons (Fsp3) is 0.667. The monoisotopic (exact) mass is 758 g/mol. The smallest absolute Gasteiger partial charge is 0.335 e. The Labute approximate surface area is 326 Å². The number of nitrogens with one attached hydrogen (secondary N) is 1. The van der Waals surface area contributed by atoms with Crippen molar-refractivity contribution in [2.75, 3.05) is 20.1 Å².